The minimum absolute atomic E-state index is 0.221. The molecule has 0 spiro atoms. The lowest BCUT2D eigenvalue weighted by atomic mass is 10.3. The summed E-state index contributed by atoms with van der Waals surface area (Å²) in [7, 11) is 1.31. The molecule has 1 heterocycles. The van der Waals surface area contributed by atoms with Crippen molar-refractivity contribution in [2.75, 3.05) is 7.11 Å². The van der Waals surface area contributed by atoms with E-state index in [0.29, 0.717) is 4.60 Å². The van der Waals surface area contributed by atoms with Crippen LogP contribution in [0, 0.1) is 6.92 Å². The van der Waals surface area contributed by atoms with Crippen LogP contribution in [-0.2, 0) is 4.74 Å². The highest BCUT2D eigenvalue weighted by Crippen LogP contribution is 2.11. The summed E-state index contributed by atoms with van der Waals surface area (Å²) >= 11 is 3.17. The number of ether oxygens (including phenoxy) is 1. The van der Waals surface area contributed by atoms with Crippen molar-refractivity contribution in [3.63, 3.8) is 0 Å². The molecule has 0 fully saturated rings. The van der Waals surface area contributed by atoms with Gasteiger partial charge >= 0.3 is 5.97 Å². The van der Waals surface area contributed by atoms with Crippen molar-refractivity contribution in [1.29, 1.82) is 0 Å². The van der Waals surface area contributed by atoms with Gasteiger partial charge in [0.05, 0.1) is 7.11 Å². The Morgan fingerprint density at radius 1 is 1.58 bits per heavy atom. The zero-order chi connectivity index (χ0) is 9.14. The van der Waals surface area contributed by atoms with Crippen molar-refractivity contribution in [2.24, 2.45) is 0 Å². The maximum Gasteiger partial charge on any atom is 0.358 e. The predicted octanol–water partition coefficient (Wildman–Crippen LogP) is 1.33. The number of halogens is 1. The number of carbonyl (C=O) groups is 1. The SMILES string of the molecule is COC(=O)c1cc(C)c(Br)nn1. The Hall–Kier alpha value is -0.970. The molecule has 1 rings (SSSR count). The highest BCUT2D eigenvalue weighted by atomic mass is 79.9. The molecule has 1 aromatic rings. The predicted molar refractivity (Wildman–Crippen MR) is 45.8 cm³/mol. The van der Waals surface area contributed by atoms with Crippen LogP contribution >= 0.6 is 15.9 Å². The van der Waals surface area contributed by atoms with Crippen LogP contribution in [0.4, 0.5) is 0 Å². The molecule has 5 heteroatoms. The molecular weight excluding hydrogens is 224 g/mol. The summed E-state index contributed by atoms with van der Waals surface area (Å²) in [4.78, 5) is 10.9. The lowest BCUT2D eigenvalue weighted by Crippen LogP contribution is -2.06. The summed E-state index contributed by atoms with van der Waals surface area (Å²) in [5.41, 5.74) is 1.07. The lowest BCUT2D eigenvalue weighted by molar-refractivity contribution is 0.0592. The van der Waals surface area contributed by atoms with E-state index in [1.165, 1.54) is 7.11 Å². The number of carbonyl (C=O) groups excluding carboxylic acids is 1. The quantitative estimate of drug-likeness (QED) is 0.684. The molecule has 0 bridgehead atoms. The maximum absolute atomic E-state index is 10.9. The van der Waals surface area contributed by atoms with E-state index in [9.17, 15) is 4.79 Å². The van der Waals surface area contributed by atoms with Gasteiger partial charge in [-0.05, 0) is 34.5 Å². The van der Waals surface area contributed by atoms with Gasteiger partial charge in [-0.1, -0.05) is 0 Å². The molecular formula is C7H7BrN2O2. The average molecular weight is 231 g/mol. The van der Waals surface area contributed by atoms with Crippen LogP contribution < -0.4 is 0 Å². The van der Waals surface area contributed by atoms with Gasteiger partial charge in [0, 0.05) is 0 Å². The summed E-state index contributed by atoms with van der Waals surface area (Å²) in [6.45, 7) is 1.82. The van der Waals surface area contributed by atoms with Gasteiger partial charge in [0.25, 0.3) is 0 Å². The molecule has 1 aromatic heterocycles. The Kier molecular flexibility index (Phi) is 2.75. The molecule has 0 N–H and O–H groups in total. The average Bonchev–Trinajstić information content (AvgIpc) is 2.08. The molecule has 0 saturated heterocycles. The van der Waals surface area contributed by atoms with Gasteiger partial charge in [-0.3, -0.25) is 0 Å². The third-order valence-corrected chi connectivity index (χ3v) is 2.10. The molecule has 0 atom stereocenters. The Bertz CT molecular complexity index is 314. The lowest BCUT2D eigenvalue weighted by Gasteiger charge is -1.99. The van der Waals surface area contributed by atoms with Gasteiger partial charge in [-0.2, -0.15) is 0 Å². The number of rotatable bonds is 1. The minimum Gasteiger partial charge on any atom is -0.464 e. The zero-order valence-electron chi connectivity index (χ0n) is 6.67. The second-order valence-corrected chi connectivity index (χ2v) is 2.95. The number of aromatic nitrogens is 2. The van der Waals surface area contributed by atoms with Crippen molar-refractivity contribution >= 4 is 21.9 Å². The van der Waals surface area contributed by atoms with Crippen LogP contribution in [0.25, 0.3) is 0 Å². The number of esters is 1. The highest BCUT2D eigenvalue weighted by Gasteiger charge is 2.08. The van der Waals surface area contributed by atoms with Gasteiger partial charge in [-0.15, -0.1) is 10.2 Å². The van der Waals surface area contributed by atoms with E-state index in [0.717, 1.165) is 5.56 Å². The molecule has 0 aliphatic heterocycles. The molecule has 64 valence electrons. The third-order valence-electron chi connectivity index (χ3n) is 1.32. The van der Waals surface area contributed by atoms with Crippen molar-refractivity contribution in [3.8, 4) is 0 Å². The smallest absolute Gasteiger partial charge is 0.358 e. The molecule has 12 heavy (non-hydrogen) atoms. The highest BCUT2D eigenvalue weighted by molar-refractivity contribution is 9.10. The molecule has 0 aromatic carbocycles. The van der Waals surface area contributed by atoms with Gasteiger partial charge in [-0.25, -0.2) is 4.79 Å². The summed E-state index contributed by atoms with van der Waals surface area (Å²) in [5, 5.41) is 7.35. The third kappa shape index (κ3) is 1.79. The van der Waals surface area contributed by atoms with E-state index in [1.54, 1.807) is 6.07 Å². The number of hydrogen-bond donors (Lipinski definition) is 0. The molecule has 0 saturated carbocycles. The molecule has 0 aliphatic rings. The minimum atomic E-state index is -0.474. The van der Waals surface area contributed by atoms with Crippen LogP contribution in [0.15, 0.2) is 10.7 Å². The van der Waals surface area contributed by atoms with Crippen molar-refractivity contribution in [3.05, 3.63) is 21.9 Å². The molecule has 4 nitrogen and oxygen atoms in total. The standard InChI is InChI=1S/C7H7BrN2O2/c1-4-3-5(7(11)12-2)9-10-6(4)8/h3H,1-2H3. The first-order valence-electron chi connectivity index (χ1n) is 3.23. The first-order valence-corrected chi connectivity index (χ1v) is 4.02. The normalized spacial score (nSPS) is 9.58. The molecule has 0 radical (unpaired) electrons. The Labute approximate surface area is 78.1 Å². The zero-order valence-corrected chi connectivity index (χ0v) is 8.25. The van der Waals surface area contributed by atoms with Crippen LogP contribution in [0.3, 0.4) is 0 Å². The topological polar surface area (TPSA) is 52.1 Å². The van der Waals surface area contributed by atoms with Gasteiger partial charge < -0.3 is 4.74 Å². The molecule has 0 amide bonds. The second kappa shape index (κ2) is 3.62. The van der Waals surface area contributed by atoms with Crippen LogP contribution in [0.5, 0.6) is 0 Å². The van der Waals surface area contributed by atoms with Crippen LogP contribution in [-0.4, -0.2) is 23.3 Å². The fraction of sp³-hybridized carbons (Fsp3) is 0.286. The van der Waals surface area contributed by atoms with Gasteiger partial charge in [0.2, 0.25) is 0 Å². The van der Waals surface area contributed by atoms with E-state index in [1.807, 2.05) is 6.92 Å². The largest absolute Gasteiger partial charge is 0.464 e. The van der Waals surface area contributed by atoms with Crippen molar-refractivity contribution in [2.45, 2.75) is 6.92 Å². The van der Waals surface area contributed by atoms with E-state index in [-0.39, 0.29) is 5.69 Å². The van der Waals surface area contributed by atoms with Crippen molar-refractivity contribution < 1.29 is 9.53 Å². The van der Waals surface area contributed by atoms with Crippen LogP contribution in [0.2, 0.25) is 0 Å². The van der Waals surface area contributed by atoms with E-state index in [2.05, 4.69) is 30.9 Å². The Morgan fingerprint density at radius 3 is 2.75 bits per heavy atom. The first kappa shape index (κ1) is 9.12. The van der Waals surface area contributed by atoms with E-state index < -0.39 is 5.97 Å². The number of methoxy groups -OCH3 is 1. The fourth-order valence-corrected chi connectivity index (χ4v) is 0.868. The van der Waals surface area contributed by atoms with E-state index in [4.69, 9.17) is 0 Å². The molecule has 0 aliphatic carbocycles. The summed E-state index contributed by atoms with van der Waals surface area (Å²) in [6, 6.07) is 1.61. The van der Waals surface area contributed by atoms with Gasteiger partial charge in [0.1, 0.15) is 4.60 Å². The van der Waals surface area contributed by atoms with Gasteiger partial charge in [0.15, 0.2) is 5.69 Å². The molecule has 0 unspecified atom stereocenters. The number of nitrogens with zero attached hydrogens (tertiary/aromatic N) is 2. The Morgan fingerprint density at radius 2 is 2.25 bits per heavy atom. The fourth-order valence-electron chi connectivity index (χ4n) is 0.674. The van der Waals surface area contributed by atoms with E-state index >= 15 is 0 Å². The summed E-state index contributed by atoms with van der Waals surface area (Å²) in [6.07, 6.45) is 0. The Balaban J connectivity index is 3.05. The summed E-state index contributed by atoms with van der Waals surface area (Å²) < 4.78 is 5.11. The van der Waals surface area contributed by atoms with Crippen LogP contribution in [0.1, 0.15) is 16.1 Å². The number of aryl methyl sites for hydroxylation is 1. The second-order valence-electron chi connectivity index (χ2n) is 2.19. The van der Waals surface area contributed by atoms with Crippen molar-refractivity contribution in [1.82, 2.24) is 10.2 Å². The monoisotopic (exact) mass is 230 g/mol. The summed E-state index contributed by atoms with van der Waals surface area (Å²) in [5.74, 6) is -0.474. The maximum atomic E-state index is 10.9. The first-order chi connectivity index (χ1) is 5.65. The number of hydrogen-bond acceptors (Lipinski definition) is 4.